The van der Waals surface area contributed by atoms with Gasteiger partial charge in [-0.3, -0.25) is 4.79 Å². The van der Waals surface area contributed by atoms with Gasteiger partial charge in [0.15, 0.2) is 5.82 Å². The van der Waals surface area contributed by atoms with Crippen LogP contribution < -0.4 is 10.2 Å². The van der Waals surface area contributed by atoms with Gasteiger partial charge < -0.3 is 14.6 Å². The van der Waals surface area contributed by atoms with Gasteiger partial charge in [-0.25, -0.2) is 4.98 Å². The van der Waals surface area contributed by atoms with Crippen molar-refractivity contribution in [3.8, 4) is 0 Å². The first-order chi connectivity index (χ1) is 14.6. The molecule has 2 aromatic heterocycles. The molecule has 0 bridgehead atoms. The first-order valence-electron chi connectivity index (χ1n) is 11.5. The quantitative estimate of drug-likeness (QED) is 0.692. The van der Waals surface area contributed by atoms with E-state index in [0.717, 1.165) is 54.7 Å². The number of fused-ring (bicyclic) bond motifs is 3. The molecule has 5 heteroatoms. The highest BCUT2D eigenvalue weighted by Gasteiger charge is 2.32. The molecular formula is C25H32N4O. The Bertz CT molecular complexity index is 1050. The van der Waals surface area contributed by atoms with Gasteiger partial charge in [0, 0.05) is 31.2 Å². The molecule has 5 nitrogen and oxygen atoms in total. The molecule has 1 N–H and O–H groups in total. The number of carbonyl (C=O) groups is 1. The van der Waals surface area contributed by atoms with Crippen molar-refractivity contribution in [3.63, 3.8) is 0 Å². The van der Waals surface area contributed by atoms with Gasteiger partial charge in [-0.05, 0) is 55.4 Å². The van der Waals surface area contributed by atoms with Crippen LogP contribution in [0.5, 0.6) is 0 Å². The third-order valence-corrected chi connectivity index (χ3v) is 7.55. The Labute approximate surface area is 178 Å². The summed E-state index contributed by atoms with van der Waals surface area (Å²) in [6.45, 7) is 6.37. The average Bonchev–Trinajstić information content (AvgIpc) is 3.27. The van der Waals surface area contributed by atoms with Crippen LogP contribution >= 0.6 is 0 Å². The summed E-state index contributed by atoms with van der Waals surface area (Å²) < 4.78 is 2.22. The van der Waals surface area contributed by atoms with E-state index in [0.29, 0.717) is 17.9 Å². The zero-order valence-corrected chi connectivity index (χ0v) is 18.1. The number of hydrogen-bond acceptors (Lipinski definition) is 3. The van der Waals surface area contributed by atoms with Gasteiger partial charge in [0.05, 0.1) is 16.6 Å². The topological polar surface area (TPSA) is 49.6 Å². The predicted molar refractivity (Wildman–Crippen MR) is 122 cm³/mol. The standard InChI is InChI=1S/C25H32N4O/c1-17-7-5-9-20(18(17)2)27-25(30)19-12-15-28(16-13-19)24-23-11-6-14-29(23)22-10-4-3-8-21(22)26-24/h3-4,6,8,10-11,14,17-20H,5,7,9,12-13,15-16H2,1-2H3,(H,27,30)/t17-,18+,20-/m1/s1. The molecule has 5 rings (SSSR count). The largest absolute Gasteiger partial charge is 0.355 e. The predicted octanol–water partition coefficient (Wildman–Crippen LogP) is 4.64. The van der Waals surface area contributed by atoms with Crippen LogP contribution in [0, 0.1) is 17.8 Å². The average molecular weight is 405 g/mol. The summed E-state index contributed by atoms with van der Waals surface area (Å²) in [5.41, 5.74) is 3.28. The molecule has 1 aliphatic carbocycles. The number of para-hydroxylation sites is 2. The van der Waals surface area contributed by atoms with E-state index in [-0.39, 0.29) is 11.8 Å². The van der Waals surface area contributed by atoms with Crippen LogP contribution in [0.1, 0.15) is 46.0 Å². The lowest BCUT2D eigenvalue weighted by atomic mass is 9.78. The van der Waals surface area contributed by atoms with Gasteiger partial charge in [0.2, 0.25) is 5.91 Å². The SMILES string of the molecule is C[C@H]1[C@H](C)CCC[C@H]1NC(=O)C1CCN(c2nc3ccccc3n3cccc23)CC1. The fraction of sp³-hybridized carbons (Fsp3) is 0.520. The highest BCUT2D eigenvalue weighted by Crippen LogP contribution is 2.31. The van der Waals surface area contributed by atoms with Crippen LogP contribution in [0.25, 0.3) is 16.6 Å². The highest BCUT2D eigenvalue weighted by atomic mass is 16.2. The zero-order valence-electron chi connectivity index (χ0n) is 18.1. The van der Waals surface area contributed by atoms with Gasteiger partial charge in [0.25, 0.3) is 0 Å². The van der Waals surface area contributed by atoms with Gasteiger partial charge in [-0.1, -0.05) is 38.8 Å². The van der Waals surface area contributed by atoms with Crippen molar-refractivity contribution in [2.45, 2.75) is 52.0 Å². The Kier molecular flexibility index (Phi) is 5.13. The number of nitrogens with one attached hydrogen (secondary N) is 1. The van der Waals surface area contributed by atoms with Gasteiger partial charge in [0.1, 0.15) is 0 Å². The van der Waals surface area contributed by atoms with Crippen LogP contribution in [0.2, 0.25) is 0 Å². The van der Waals surface area contributed by atoms with Crippen LogP contribution in [0.4, 0.5) is 5.82 Å². The maximum absolute atomic E-state index is 13.0. The number of aromatic nitrogens is 2. The molecule has 1 saturated heterocycles. The monoisotopic (exact) mass is 404 g/mol. The third-order valence-electron chi connectivity index (χ3n) is 7.55. The Hall–Kier alpha value is -2.56. The van der Waals surface area contributed by atoms with E-state index < -0.39 is 0 Å². The van der Waals surface area contributed by atoms with Crippen LogP contribution in [-0.4, -0.2) is 34.4 Å². The van der Waals surface area contributed by atoms with E-state index in [1.54, 1.807) is 0 Å². The van der Waals surface area contributed by atoms with Gasteiger partial charge in [-0.15, -0.1) is 0 Å². The first kappa shape index (κ1) is 19.4. The summed E-state index contributed by atoms with van der Waals surface area (Å²) in [5.74, 6) is 2.70. The Balaban J connectivity index is 1.29. The molecule has 0 spiro atoms. The molecule has 1 saturated carbocycles. The van der Waals surface area contributed by atoms with Crippen LogP contribution in [0.3, 0.4) is 0 Å². The smallest absolute Gasteiger partial charge is 0.223 e. The molecule has 3 atom stereocenters. The minimum absolute atomic E-state index is 0.119. The second-order valence-electron chi connectivity index (χ2n) is 9.33. The second kappa shape index (κ2) is 7.93. The van der Waals surface area contributed by atoms with E-state index in [1.807, 2.05) is 6.07 Å². The molecule has 1 aliphatic heterocycles. The number of piperidine rings is 1. The molecule has 2 aliphatic rings. The van der Waals surface area contributed by atoms with E-state index in [9.17, 15) is 4.79 Å². The highest BCUT2D eigenvalue weighted by molar-refractivity contribution is 5.85. The molecule has 0 unspecified atom stereocenters. The Morgan fingerprint density at radius 1 is 1.00 bits per heavy atom. The van der Waals surface area contributed by atoms with E-state index in [2.05, 4.69) is 65.0 Å². The fourth-order valence-electron chi connectivity index (χ4n) is 5.38. The lowest BCUT2D eigenvalue weighted by molar-refractivity contribution is -0.127. The summed E-state index contributed by atoms with van der Waals surface area (Å²) in [4.78, 5) is 20.3. The van der Waals surface area contributed by atoms with Crippen molar-refractivity contribution in [3.05, 3.63) is 42.6 Å². The molecule has 158 valence electrons. The second-order valence-corrected chi connectivity index (χ2v) is 9.33. The third kappa shape index (κ3) is 3.44. The van der Waals surface area contributed by atoms with Crippen LogP contribution in [0.15, 0.2) is 42.6 Å². The Morgan fingerprint density at radius 3 is 2.60 bits per heavy atom. The van der Waals surface area contributed by atoms with Crippen molar-refractivity contribution >= 4 is 28.3 Å². The normalized spacial score (nSPS) is 25.7. The van der Waals surface area contributed by atoms with E-state index in [4.69, 9.17) is 4.98 Å². The number of carbonyl (C=O) groups excluding carboxylic acids is 1. The minimum Gasteiger partial charge on any atom is -0.355 e. The first-order valence-corrected chi connectivity index (χ1v) is 11.5. The lowest BCUT2D eigenvalue weighted by Crippen LogP contribution is -2.48. The van der Waals surface area contributed by atoms with Crippen molar-refractivity contribution in [2.24, 2.45) is 17.8 Å². The van der Waals surface area contributed by atoms with Crippen molar-refractivity contribution < 1.29 is 4.79 Å². The fourth-order valence-corrected chi connectivity index (χ4v) is 5.38. The molecule has 0 radical (unpaired) electrons. The van der Waals surface area contributed by atoms with Gasteiger partial charge >= 0.3 is 0 Å². The molecule has 2 fully saturated rings. The van der Waals surface area contributed by atoms with Crippen molar-refractivity contribution in [1.29, 1.82) is 0 Å². The number of hydrogen-bond donors (Lipinski definition) is 1. The summed E-state index contributed by atoms with van der Waals surface area (Å²) in [7, 11) is 0. The molecule has 30 heavy (non-hydrogen) atoms. The zero-order chi connectivity index (χ0) is 20.7. The number of nitrogens with zero attached hydrogens (tertiary/aromatic N) is 3. The molecule has 3 heterocycles. The molecule has 1 amide bonds. The van der Waals surface area contributed by atoms with E-state index >= 15 is 0 Å². The minimum atomic E-state index is 0.119. The summed E-state index contributed by atoms with van der Waals surface area (Å²) >= 11 is 0. The molecule has 1 aromatic carbocycles. The molecule has 3 aromatic rings. The number of amides is 1. The summed E-state index contributed by atoms with van der Waals surface area (Å²) in [5, 5.41) is 3.40. The maximum Gasteiger partial charge on any atom is 0.223 e. The summed E-state index contributed by atoms with van der Waals surface area (Å²) in [6.07, 6.45) is 7.54. The van der Waals surface area contributed by atoms with Crippen molar-refractivity contribution in [1.82, 2.24) is 14.7 Å². The van der Waals surface area contributed by atoms with E-state index in [1.165, 1.54) is 12.8 Å². The number of rotatable bonds is 3. The van der Waals surface area contributed by atoms with Gasteiger partial charge in [-0.2, -0.15) is 0 Å². The summed E-state index contributed by atoms with van der Waals surface area (Å²) in [6, 6.07) is 12.9. The maximum atomic E-state index is 13.0. The van der Waals surface area contributed by atoms with Crippen LogP contribution in [-0.2, 0) is 4.79 Å². The lowest BCUT2D eigenvalue weighted by Gasteiger charge is -2.37. The number of benzene rings is 1. The molecular weight excluding hydrogens is 372 g/mol. The Morgan fingerprint density at radius 2 is 1.77 bits per heavy atom. The number of anilines is 1. The van der Waals surface area contributed by atoms with Crippen molar-refractivity contribution in [2.75, 3.05) is 18.0 Å².